The Kier molecular flexibility index (Phi) is 2.73. The van der Waals surface area contributed by atoms with Crippen molar-refractivity contribution in [2.75, 3.05) is 19.7 Å². The highest BCUT2D eigenvalue weighted by Gasteiger charge is 2.24. The molecule has 0 radical (unpaired) electrons. The molecule has 3 rings (SSSR count). The minimum atomic E-state index is 0.282. The molecule has 2 atom stereocenters. The van der Waals surface area contributed by atoms with Gasteiger partial charge in [0.05, 0.1) is 10.7 Å². The van der Waals surface area contributed by atoms with Gasteiger partial charge in [-0.3, -0.25) is 0 Å². The van der Waals surface area contributed by atoms with Crippen LogP contribution >= 0.6 is 11.3 Å². The number of aromatic nitrogens is 1. The van der Waals surface area contributed by atoms with Crippen molar-refractivity contribution in [2.45, 2.75) is 31.3 Å². The number of hydrogen-bond acceptors (Lipinski definition) is 4. The molecule has 0 amide bonds. The van der Waals surface area contributed by atoms with E-state index in [1.165, 1.54) is 23.5 Å². The van der Waals surface area contributed by atoms with Crippen LogP contribution in [-0.2, 0) is 4.74 Å². The van der Waals surface area contributed by atoms with Crippen molar-refractivity contribution >= 4 is 11.3 Å². The quantitative estimate of drug-likeness (QED) is 0.835. The maximum atomic E-state index is 5.64. The topological polar surface area (TPSA) is 34.2 Å². The summed E-state index contributed by atoms with van der Waals surface area (Å²) in [5, 5.41) is 6.87. The van der Waals surface area contributed by atoms with Crippen molar-refractivity contribution in [3.05, 3.63) is 16.1 Å². The smallest absolute Gasteiger partial charge is 0.100 e. The van der Waals surface area contributed by atoms with E-state index in [9.17, 15) is 0 Å². The van der Waals surface area contributed by atoms with Gasteiger partial charge in [0.25, 0.3) is 0 Å². The molecule has 3 heterocycles. The second-order valence-corrected chi connectivity index (χ2v) is 5.19. The van der Waals surface area contributed by atoms with E-state index in [-0.39, 0.29) is 6.10 Å². The maximum absolute atomic E-state index is 5.64. The molecule has 0 aromatic carbocycles. The zero-order valence-corrected chi connectivity index (χ0v) is 9.55. The molecule has 2 saturated heterocycles. The molecule has 0 saturated carbocycles. The monoisotopic (exact) mass is 224 g/mol. The van der Waals surface area contributed by atoms with E-state index in [1.807, 2.05) is 0 Å². The molecule has 3 nitrogen and oxygen atoms in total. The minimum absolute atomic E-state index is 0.282. The van der Waals surface area contributed by atoms with Crippen LogP contribution in [0.3, 0.4) is 0 Å². The third-order valence-corrected chi connectivity index (χ3v) is 4.23. The van der Waals surface area contributed by atoms with Gasteiger partial charge >= 0.3 is 0 Å². The van der Waals surface area contributed by atoms with Crippen LogP contribution in [0.5, 0.6) is 0 Å². The largest absolute Gasteiger partial charge is 0.372 e. The van der Waals surface area contributed by atoms with E-state index in [0.717, 1.165) is 26.1 Å². The summed E-state index contributed by atoms with van der Waals surface area (Å²) in [5.41, 5.74) is 1.17. The third-order valence-electron chi connectivity index (χ3n) is 3.21. The number of ether oxygens (including phenoxy) is 1. The average molecular weight is 224 g/mol. The van der Waals surface area contributed by atoms with Gasteiger partial charge in [-0.05, 0) is 25.8 Å². The number of rotatable bonds is 2. The van der Waals surface area contributed by atoms with Crippen LogP contribution in [-0.4, -0.2) is 24.7 Å². The van der Waals surface area contributed by atoms with Crippen molar-refractivity contribution in [1.82, 2.24) is 10.3 Å². The van der Waals surface area contributed by atoms with Crippen LogP contribution < -0.4 is 5.32 Å². The maximum Gasteiger partial charge on any atom is 0.100 e. The molecular formula is C11H16N2OS. The first-order valence-electron chi connectivity index (χ1n) is 5.71. The summed E-state index contributed by atoms with van der Waals surface area (Å²) in [4.78, 5) is 4.73. The van der Waals surface area contributed by atoms with Gasteiger partial charge in [0.15, 0.2) is 0 Å². The Morgan fingerprint density at radius 3 is 3.20 bits per heavy atom. The van der Waals surface area contributed by atoms with Crippen LogP contribution in [0.2, 0.25) is 0 Å². The summed E-state index contributed by atoms with van der Waals surface area (Å²) in [6.45, 7) is 3.14. The van der Waals surface area contributed by atoms with E-state index < -0.39 is 0 Å². The summed E-state index contributed by atoms with van der Waals surface area (Å²) in [5.74, 6) is 0.644. The molecule has 2 aliphatic rings. The molecule has 0 aliphatic carbocycles. The van der Waals surface area contributed by atoms with Gasteiger partial charge in [-0.1, -0.05) is 0 Å². The van der Waals surface area contributed by atoms with E-state index in [0.29, 0.717) is 5.92 Å². The van der Waals surface area contributed by atoms with Crippen LogP contribution in [0.4, 0.5) is 0 Å². The fourth-order valence-electron chi connectivity index (χ4n) is 2.31. The first-order valence-corrected chi connectivity index (χ1v) is 6.59. The van der Waals surface area contributed by atoms with Gasteiger partial charge in [0.2, 0.25) is 0 Å². The molecule has 1 N–H and O–H groups in total. The Bertz CT molecular complexity index is 297. The summed E-state index contributed by atoms with van der Waals surface area (Å²) in [6.07, 6.45) is 3.84. The minimum Gasteiger partial charge on any atom is -0.372 e. The fraction of sp³-hybridized carbons (Fsp3) is 0.727. The highest BCUT2D eigenvalue weighted by Crippen LogP contribution is 2.32. The lowest BCUT2D eigenvalue weighted by Gasteiger charge is -2.05. The van der Waals surface area contributed by atoms with Gasteiger partial charge in [-0.2, -0.15) is 0 Å². The predicted octanol–water partition coefficient (Wildman–Crippen LogP) is 2.07. The lowest BCUT2D eigenvalue weighted by Crippen LogP contribution is -2.08. The molecule has 0 spiro atoms. The molecular weight excluding hydrogens is 208 g/mol. The molecule has 0 bridgehead atoms. The van der Waals surface area contributed by atoms with Crippen LogP contribution in [0, 0.1) is 0 Å². The molecule has 1 aromatic heterocycles. The van der Waals surface area contributed by atoms with E-state index >= 15 is 0 Å². The Hall–Kier alpha value is -0.450. The number of hydrogen-bond donors (Lipinski definition) is 1. The Morgan fingerprint density at radius 2 is 2.47 bits per heavy atom. The predicted molar refractivity (Wildman–Crippen MR) is 60.3 cm³/mol. The zero-order valence-electron chi connectivity index (χ0n) is 8.74. The van der Waals surface area contributed by atoms with E-state index in [1.54, 1.807) is 11.3 Å². The standard InChI is InChI=1S/C11H16N2OS/c1-2-10(14-5-1)9-7-15-11(13-9)8-3-4-12-6-8/h7-8,10,12H,1-6H2. The van der Waals surface area contributed by atoms with Gasteiger partial charge in [0, 0.05) is 24.4 Å². The van der Waals surface area contributed by atoms with Crippen molar-refractivity contribution in [1.29, 1.82) is 0 Å². The molecule has 4 heteroatoms. The van der Waals surface area contributed by atoms with Crippen LogP contribution in [0.1, 0.15) is 42.0 Å². The summed E-state index contributed by atoms with van der Waals surface area (Å²) >= 11 is 1.80. The van der Waals surface area contributed by atoms with E-state index in [2.05, 4.69) is 10.7 Å². The number of nitrogens with one attached hydrogen (secondary N) is 1. The van der Waals surface area contributed by atoms with Gasteiger partial charge in [-0.25, -0.2) is 4.98 Å². The molecule has 2 unspecified atom stereocenters. The van der Waals surface area contributed by atoms with Gasteiger partial charge < -0.3 is 10.1 Å². The van der Waals surface area contributed by atoms with Crippen LogP contribution in [0.15, 0.2) is 5.38 Å². The molecule has 2 aliphatic heterocycles. The van der Waals surface area contributed by atoms with Crippen molar-refractivity contribution in [3.63, 3.8) is 0 Å². The normalized spacial score (nSPS) is 31.2. The highest BCUT2D eigenvalue weighted by atomic mass is 32.1. The van der Waals surface area contributed by atoms with E-state index in [4.69, 9.17) is 9.72 Å². The SMILES string of the molecule is c1sc(C2CCNC2)nc1C1CCCO1. The summed E-state index contributed by atoms with van der Waals surface area (Å²) in [6, 6.07) is 0. The number of nitrogens with zero attached hydrogens (tertiary/aromatic N) is 1. The lowest BCUT2D eigenvalue weighted by atomic mass is 10.1. The summed E-state index contributed by atoms with van der Waals surface area (Å²) < 4.78 is 5.64. The highest BCUT2D eigenvalue weighted by molar-refractivity contribution is 7.09. The second kappa shape index (κ2) is 4.20. The fourth-order valence-corrected chi connectivity index (χ4v) is 3.31. The van der Waals surface area contributed by atoms with Crippen molar-refractivity contribution in [2.24, 2.45) is 0 Å². The first kappa shape index (κ1) is 9.75. The Balaban J connectivity index is 1.74. The molecule has 82 valence electrons. The Labute approximate surface area is 93.9 Å². The van der Waals surface area contributed by atoms with Gasteiger partial charge in [-0.15, -0.1) is 11.3 Å². The van der Waals surface area contributed by atoms with Gasteiger partial charge in [0.1, 0.15) is 6.10 Å². The van der Waals surface area contributed by atoms with Crippen molar-refractivity contribution < 1.29 is 4.74 Å². The Morgan fingerprint density at radius 1 is 1.47 bits per heavy atom. The van der Waals surface area contributed by atoms with Crippen LogP contribution in [0.25, 0.3) is 0 Å². The first-order chi connectivity index (χ1) is 7.43. The number of thiazole rings is 1. The second-order valence-electron chi connectivity index (χ2n) is 4.30. The zero-order chi connectivity index (χ0) is 10.1. The summed E-state index contributed by atoms with van der Waals surface area (Å²) in [7, 11) is 0. The molecule has 1 aromatic rings. The van der Waals surface area contributed by atoms with Crippen molar-refractivity contribution in [3.8, 4) is 0 Å². The molecule has 2 fully saturated rings. The average Bonchev–Trinajstić information content (AvgIpc) is 3.02. The molecule has 15 heavy (non-hydrogen) atoms. The lowest BCUT2D eigenvalue weighted by molar-refractivity contribution is 0.109. The third kappa shape index (κ3) is 1.94.